The van der Waals surface area contributed by atoms with Crippen LogP contribution in [0.2, 0.25) is 0 Å². The first kappa shape index (κ1) is 65.0. The average Bonchev–Trinajstić information content (AvgIpc) is 3.36. The molecule has 390 valence electrons. The summed E-state index contributed by atoms with van der Waals surface area (Å²) in [5, 5.41) is 0. The lowest BCUT2D eigenvalue weighted by Gasteiger charge is -2.18. The molecular formula is C64H98O6. The second-order valence-electron chi connectivity index (χ2n) is 17.4. The fraction of sp³-hybridized carbons (Fsp3) is 0.547. The number of rotatable bonds is 47. The van der Waals surface area contributed by atoms with Crippen molar-refractivity contribution >= 4 is 17.9 Å². The Kier molecular flexibility index (Phi) is 52.6. The Bertz CT molecular complexity index is 1620. The summed E-state index contributed by atoms with van der Waals surface area (Å²) in [7, 11) is 0. The molecule has 0 heterocycles. The van der Waals surface area contributed by atoms with Crippen molar-refractivity contribution < 1.29 is 28.6 Å². The molecule has 0 aromatic carbocycles. The van der Waals surface area contributed by atoms with Crippen molar-refractivity contribution in [1.82, 2.24) is 0 Å². The lowest BCUT2D eigenvalue weighted by molar-refractivity contribution is -0.167. The molecular weight excluding hydrogens is 865 g/mol. The van der Waals surface area contributed by atoms with Crippen LogP contribution in [0.25, 0.3) is 0 Å². The quantitative estimate of drug-likeness (QED) is 0.0262. The predicted octanol–water partition coefficient (Wildman–Crippen LogP) is 18.6. The molecule has 6 nitrogen and oxygen atoms in total. The Labute approximate surface area is 429 Å². The van der Waals surface area contributed by atoms with E-state index in [4.69, 9.17) is 14.2 Å². The van der Waals surface area contributed by atoms with Gasteiger partial charge in [0.1, 0.15) is 13.2 Å². The highest BCUT2D eigenvalue weighted by Gasteiger charge is 2.19. The molecule has 0 spiro atoms. The number of carbonyl (C=O) groups is 3. The molecule has 1 atom stereocenters. The summed E-state index contributed by atoms with van der Waals surface area (Å²) in [5.41, 5.74) is 0. The topological polar surface area (TPSA) is 78.9 Å². The van der Waals surface area contributed by atoms with Crippen molar-refractivity contribution in [3.8, 4) is 0 Å². The zero-order chi connectivity index (χ0) is 50.7. The van der Waals surface area contributed by atoms with E-state index < -0.39 is 6.10 Å². The monoisotopic (exact) mass is 963 g/mol. The van der Waals surface area contributed by atoms with Gasteiger partial charge in [-0.15, -0.1) is 0 Å². The molecule has 0 radical (unpaired) electrons. The second kappa shape index (κ2) is 56.6. The molecule has 0 saturated heterocycles. The largest absolute Gasteiger partial charge is 0.462 e. The van der Waals surface area contributed by atoms with Gasteiger partial charge in [-0.1, -0.05) is 224 Å². The minimum atomic E-state index is -0.818. The third kappa shape index (κ3) is 54.0. The Morgan fingerprint density at radius 2 is 0.571 bits per heavy atom. The van der Waals surface area contributed by atoms with Gasteiger partial charge in [-0.2, -0.15) is 0 Å². The molecule has 70 heavy (non-hydrogen) atoms. The first-order valence-corrected chi connectivity index (χ1v) is 27.5. The number of allylic oxidation sites excluding steroid dienone is 26. The van der Waals surface area contributed by atoms with Crippen LogP contribution in [0.1, 0.15) is 207 Å². The zero-order valence-electron chi connectivity index (χ0n) is 44.5. The van der Waals surface area contributed by atoms with E-state index in [2.05, 4.69) is 179 Å². The van der Waals surface area contributed by atoms with E-state index in [0.717, 1.165) is 141 Å². The van der Waals surface area contributed by atoms with E-state index in [1.807, 2.05) is 0 Å². The second-order valence-corrected chi connectivity index (χ2v) is 17.4. The van der Waals surface area contributed by atoms with Crippen molar-refractivity contribution in [3.63, 3.8) is 0 Å². The lowest BCUT2D eigenvalue weighted by Crippen LogP contribution is -2.30. The predicted molar refractivity (Wildman–Crippen MR) is 302 cm³/mol. The van der Waals surface area contributed by atoms with Gasteiger partial charge in [-0.3, -0.25) is 14.4 Å². The minimum absolute atomic E-state index is 0.113. The fourth-order valence-electron chi connectivity index (χ4n) is 6.73. The van der Waals surface area contributed by atoms with Gasteiger partial charge >= 0.3 is 17.9 Å². The van der Waals surface area contributed by atoms with Gasteiger partial charge in [0.2, 0.25) is 0 Å². The van der Waals surface area contributed by atoms with Crippen LogP contribution in [0, 0.1) is 0 Å². The van der Waals surface area contributed by atoms with Crippen molar-refractivity contribution in [2.24, 2.45) is 0 Å². The normalized spacial score (nSPS) is 13.4. The van der Waals surface area contributed by atoms with Crippen molar-refractivity contribution in [3.05, 3.63) is 158 Å². The van der Waals surface area contributed by atoms with Gasteiger partial charge in [0.25, 0.3) is 0 Å². The molecule has 6 heteroatoms. The van der Waals surface area contributed by atoms with E-state index in [-0.39, 0.29) is 44.0 Å². The van der Waals surface area contributed by atoms with Crippen LogP contribution in [-0.4, -0.2) is 37.2 Å². The van der Waals surface area contributed by atoms with Crippen LogP contribution in [0.15, 0.2) is 158 Å². The lowest BCUT2D eigenvalue weighted by atomic mass is 10.1. The van der Waals surface area contributed by atoms with Crippen molar-refractivity contribution in [2.45, 2.75) is 213 Å². The smallest absolute Gasteiger partial charge is 0.306 e. The highest BCUT2D eigenvalue weighted by atomic mass is 16.6. The molecule has 1 unspecified atom stereocenters. The van der Waals surface area contributed by atoms with Crippen LogP contribution < -0.4 is 0 Å². The van der Waals surface area contributed by atoms with E-state index in [9.17, 15) is 14.4 Å². The summed E-state index contributed by atoms with van der Waals surface area (Å²) in [6, 6.07) is 0. The first-order valence-electron chi connectivity index (χ1n) is 27.5. The molecule has 0 aliphatic rings. The summed E-state index contributed by atoms with van der Waals surface area (Å²) < 4.78 is 16.6. The highest BCUT2D eigenvalue weighted by Crippen LogP contribution is 2.11. The van der Waals surface area contributed by atoms with Crippen LogP contribution in [0.3, 0.4) is 0 Å². The molecule has 0 fully saturated rings. The molecule has 0 saturated carbocycles. The molecule has 0 aromatic heterocycles. The number of esters is 3. The molecule has 0 aromatic rings. The zero-order valence-corrected chi connectivity index (χ0v) is 44.5. The highest BCUT2D eigenvalue weighted by molar-refractivity contribution is 5.71. The van der Waals surface area contributed by atoms with E-state index in [1.54, 1.807) is 0 Å². The Morgan fingerprint density at radius 3 is 0.929 bits per heavy atom. The third-order valence-corrected chi connectivity index (χ3v) is 10.8. The summed E-state index contributed by atoms with van der Waals surface area (Å²) in [5.74, 6) is -1.02. The maximum Gasteiger partial charge on any atom is 0.306 e. The number of unbranched alkanes of at least 4 members (excludes halogenated alkanes) is 10. The van der Waals surface area contributed by atoms with Crippen LogP contribution >= 0.6 is 0 Å². The Morgan fingerprint density at radius 1 is 0.300 bits per heavy atom. The minimum Gasteiger partial charge on any atom is -0.462 e. The number of carbonyl (C=O) groups excluding carboxylic acids is 3. The molecule has 0 bridgehead atoms. The van der Waals surface area contributed by atoms with Crippen molar-refractivity contribution in [2.75, 3.05) is 13.2 Å². The summed E-state index contributed by atoms with van der Waals surface area (Å²) in [6.07, 6.45) is 82.7. The average molecular weight is 963 g/mol. The Hall–Kier alpha value is -4.97. The van der Waals surface area contributed by atoms with Crippen LogP contribution in [-0.2, 0) is 28.6 Å². The molecule has 0 aliphatic heterocycles. The Balaban J connectivity index is 4.34. The van der Waals surface area contributed by atoms with E-state index in [0.29, 0.717) is 12.8 Å². The SMILES string of the molecule is CC/C=C\C/C=C\C/C=C\C/C=C\C/C=C\C/C=C\C/C=C\C/C=C\C/C=C\CCCC(=O)OCC(COC(=O)CCCCCCCC)OC(=O)CCCCCC/C=C\C/C=C\C/C=C\C/C=C\CC. The van der Waals surface area contributed by atoms with Gasteiger partial charge in [0.15, 0.2) is 6.10 Å². The van der Waals surface area contributed by atoms with Gasteiger partial charge < -0.3 is 14.2 Å². The van der Waals surface area contributed by atoms with Crippen LogP contribution in [0.5, 0.6) is 0 Å². The first-order chi connectivity index (χ1) is 34.5. The number of ether oxygens (including phenoxy) is 3. The van der Waals surface area contributed by atoms with Gasteiger partial charge in [0, 0.05) is 19.3 Å². The van der Waals surface area contributed by atoms with Gasteiger partial charge in [-0.05, 0) is 122 Å². The fourth-order valence-corrected chi connectivity index (χ4v) is 6.73. The summed E-state index contributed by atoms with van der Waals surface area (Å²) in [6.45, 7) is 6.25. The standard InChI is InChI=1S/C64H98O6/c1-4-7-10-13-16-18-20-22-24-26-27-28-29-30-31-32-33-34-35-36-37-39-40-42-44-46-48-51-54-57-63(66)69-60-61(59-68-62(65)56-53-50-15-12-9-6-3)70-64(67)58-55-52-49-47-45-43-41-38-25-23-21-19-17-14-11-8-5-2/h7-8,10-11,16-19,22-25,27-28,30-31,33-34,36-37,40-43,46,48,61H,4-6,9,12-15,20-21,26,29,32,35,38-39,44-45,47,49-60H2,1-3H3/b10-7-,11-8-,18-16-,19-17-,24-22-,25-23-,28-27-,31-30-,34-33-,37-36-,42-40-,43-41-,48-46-. The number of hydrogen-bond donors (Lipinski definition) is 0. The molecule has 0 amide bonds. The van der Waals surface area contributed by atoms with E-state index >= 15 is 0 Å². The summed E-state index contributed by atoms with van der Waals surface area (Å²) in [4.78, 5) is 37.8. The maximum atomic E-state index is 12.8. The molecule has 0 N–H and O–H groups in total. The van der Waals surface area contributed by atoms with Gasteiger partial charge in [0.05, 0.1) is 0 Å². The molecule has 0 aliphatic carbocycles. The summed E-state index contributed by atoms with van der Waals surface area (Å²) >= 11 is 0. The van der Waals surface area contributed by atoms with E-state index in [1.165, 1.54) is 19.3 Å². The van der Waals surface area contributed by atoms with Gasteiger partial charge in [-0.25, -0.2) is 0 Å². The van der Waals surface area contributed by atoms with Crippen LogP contribution in [0.4, 0.5) is 0 Å². The third-order valence-electron chi connectivity index (χ3n) is 10.8. The van der Waals surface area contributed by atoms with Crippen molar-refractivity contribution in [1.29, 1.82) is 0 Å². The number of hydrogen-bond acceptors (Lipinski definition) is 6. The maximum absolute atomic E-state index is 12.8. The molecule has 0 rings (SSSR count).